The molecule has 0 atom stereocenters. The zero-order chi connectivity index (χ0) is 17.9. The summed E-state index contributed by atoms with van der Waals surface area (Å²) >= 11 is 0. The fraction of sp³-hybridized carbons (Fsp3) is 0. The number of halogens is 2. The van der Waals surface area contributed by atoms with Crippen molar-refractivity contribution in [3.05, 3.63) is 89.6 Å². The number of benzene rings is 2. The average Bonchev–Trinajstić information content (AvgIpc) is 2.61. The van der Waals surface area contributed by atoms with Gasteiger partial charge >= 0.3 is 0 Å². The lowest BCUT2D eigenvalue weighted by Gasteiger charge is -2.07. The van der Waals surface area contributed by atoms with Crippen molar-refractivity contribution in [2.75, 3.05) is 0 Å². The molecule has 3 aromatic rings. The van der Waals surface area contributed by atoms with Crippen LogP contribution < -0.4 is 0 Å². The van der Waals surface area contributed by atoms with E-state index in [9.17, 15) is 17.2 Å². The molecule has 0 unspecified atom stereocenters. The Morgan fingerprint density at radius 3 is 2.32 bits per heavy atom. The van der Waals surface area contributed by atoms with E-state index in [1.165, 1.54) is 42.6 Å². The first kappa shape index (κ1) is 17.0. The topological polar surface area (TPSA) is 47.0 Å². The summed E-state index contributed by atoms with van der Waals surface area (Å²) in [4.78, 5) is 3.85. The molecule has 0 saturated heterocycles. The second-order valence-corrected chi connectivity index (χ2v) is 7.09. The second kappa shape index (κ2) is 6.94. The van der Waals surface area contributed by atoms with E-state index in [1.807, 2.05) is 0 Å². The van der Waals surface area contributed by atoms with Gasteiger partial charge in [-0.15, -0.1) is 0 Å². The molecule has 25 heavy (non-hydrogen) atoms. The number of aromatic nitrogens is 1. The largest absolute Gasteiger partial charge is 0.264 e. The summed E-state index contributed by atoms with van der Waals surface area (Å²) in [5.74, 6) is -1.50. The highest BCUT2D eigenvalue weighted by atomic mass is 32.2. The van der Waals surface area contributed by atoms with Gasteiger partial charge in [0, 0.05) is 17.8 Å². The summed E-state index contributed by atoms with van der Waals surface area (Å²) in [5.41, 5.74) is 0.532. The Bertz CT molecular complexity index is 1010. The Morgan fingerprint density at radius 2 is 1.64 bits per heavy atom. The van der Waals surface area contributed by atoms with E-state index in [1.54, 1.807) is 18.3 Å². The molecule has 0 aliphatic carbocycles. The summed E-state index contributed by atoms with van der Waals surface area (Å²) in [6.45, 7) is 0. The molecule has 3 nitrogen and oxygen atoms in total. The molecule has 0 fully saturated rings. The molecule has 1 heterocycles. The van der Waals surface area contributed by atoms with E-state index < -0.39 is 21.5 Å². The highest BCUT2D eigenvalue weighted by molar-refractivity contribution is 7.94. The van der Waals surface area contributed by atoms with Crippen LogP contribution in [0.2, 0.25) is 0 Å². The third-order valence-corrected chi connectivity index (χ3v) is 4.94. The lowest BCUT2D eigenvalue weighted by Crippen LogP contribution is -1.97. The Hall–Kier alpha value is -2.86. The molecule has 2 aromatic carbocycles. The Kier molecular flexibility index (Phi) is 4.72. The maximum absolute atomic E-state index is 13.9. The van der Waals surface area contributed by atoms with Crippen LogP contribution in [0.5, 0.6) is 0 Å². The maximum Gasteiger partial charge on any atom is 0.199 e. The molecule has 126 valence electrons. The fourth-order valence-electron chi connectivity index (χ4n) is 2.32. The standard InChI is InChI=1S/C19H13F2NO2S/c20-17-7-2-8-18(21)19(17)15-5-1-6-16(12-15)25(23,24)11-9-14-4-3-10-22-13-14/h1-13H/b11-9+. The van der Waals surface area contributed by atoms with Crippen LogP contribution in [0.15, 0.2) is 77.3 Å². The molecule has 0 spiro atoms. The molecule has 0 saturated carbocycles. The van der Waals surface area contributed by atoms with Gasteiger partial charge in [0.05, 0.1) is 10.5 Å². The fourth-order valence-corrected chi connectivity index (χ4v) is 3.38. The molecular formula is C19H13F2NO2S. The Morgan fingerprint density at radius 1 is 0.920 bits per heavy atom. The summed E-state index contributed by atoms with van der Waals surface area (Å²) in [5, 5.41) is 1.04. The number of sulfone groups is 1. The lowest BCUT2D eigenvalue weighted by atomic mass is 10.0. The van der Waals surface area contributed by atoms with Crippen LogP contribution in [0.1, 0.15) is 5.56 Å². The first-order valence-electron chi connectivity index (χ1n) is 7.35. The SMILES string of the molecule is O=S(=O)(/C=C/c1cccnc1)c1cccc(-c2c(F)cccc2F)c1. The third-order valence-electron chi connectivity index (χ3n) is 3.54. The van der Waals surface area contributed by atoms with Crippen LogP contribution >= 0.6 is 0 Å². The zero-order valence-corrected chi connectivity index (χ0v) is 13.7. The lowest BCUT2D eigenvalue weighted by molar-refractivity contribution is 0.589. The second-order valence-electron chi connectivity index (χ2n) is 5.26. The minimum absolute atomic E-state index is 0.0483. The molecule has 1 aromatic heterocycles. The van der Waals surface area contributed by atoms with E-state index in [0.29, 0.717) is 5.56 Å². The summed E-state index contributed by atoms with van der Waals surface area (Å²) in [6, 6.07) is 12.5. The quantitative estimate of drug-likeness (QED) is 0.692. The molecule has 0 amide bonds. The molecule has 0 aliphatic heterocycles. The van der Waals surface area contributed by atoms with Gasteiger partial charge in [-0.1, -0.05) is 24.3 Å². The molecule has 3 rings (SSSR count). The Labute approximate surface area is 144 Å². The first-order chi connectivity index (χ1) is 12.0. The van der Waals surface area contributed by atoms with Gasteiger partial charge in [0.2, 0.25) is 0 Å². The molecule has 0 bridgehead atoms. The predicted octanol–water partition coefficient (Wildman–Crippen LogP) is 4.47. The number of hydrogen-bond acceptors (Lipinski definition) is 3. The van der Waals surface area contributed by atoms with Crippen LogP contribution in [-0.2, 0) is 9.84 Å². The van der Waals surface area contributed by atoms with Crippen LogP contribution in [-0.4, -0.2) is 13.4 Å². The van der Waals surface area contributed by atoms with E-state index in [4.69, 9.17) is 0 Å². The molecule has 0 radical (unpaired) electrons. The minimum atomic E-state index is -3.77. The van der Waals surface area contributed by atoms with Crippen LogP contribution in [0.3, 0.4) is 0 Å². The van der Waals surface area contributed by atoms with Gasteiger partial charge in [-0.25, -0.2) is 17.2 Å². The first-order valence-corrected chi connectivity index (χ1v) is 8.90. The molecular weight excluding hydrogens is 344 g/mol. The van der Waals surface area contributed by atoms with Gasteiger partial charge in [-0.2, -0.15) is 0 Å². The van der Waals surface area contributed by atoms with Gasteiger partial charge < -0.3 is 0 Å². The van der Waals surface area contributed by atoms with Crippen LogP contribution in [0.4, 0.5) is 8.78 Å². The van der Waals surface area contributed by atoms with E-state index in [2.05, 4.69) is 4.98 Å². The summed E-state index contributed by atoms with van der Waals surface area (Å²) < 4.78 is 52.8. The van der Waals surface area contributed by atoms with Crippen molar-refractivity contribution < 1.29 is 17.2 Å². The van der Waals surface area contributed by atoms with Crippen LogP contribution in [0.25, 0.3) is 17.2 Å². The van der Waals surface area contributed by atoms with E-state index in [-0.39, 0.29) is 16.0 Å². The number of hydrogen-bond donors (Lipinski definition) is 0. The van der Waals surface area contributed by atoms with Gasteiger partial charge in [0.25, 0.3) is 0 Å². The average molecular weight is 357 g/mol. The van der Waals surface area contributed by atoms with Crippen molar-refractivity contribution in [3.8, 4) is 11.1 Å². The van der Waals surface area contributed by atoms with E-state index in [0.717, 1.165) is 17.5 Å². The van der Waals surface area contributed by atoms with Crippen molar-refractivity contribution in [2.45, 2.75) is 4.90 Å². The Balaban J connectivity index is 2.00. The minimum Gasteiger partial charge on any atom is -0.264 e. The normalized spacial score (nSPS) is 11.8. The van der Waals surface area contributed by atoms with Crippen molar-refractivity contribution in [1.29, 1.82) is 0 Å². The smallest absolute Gasteiger partial charge is 0.199 e. The zero-order valence-electron chi connectivity index (χ0n) is 12.9. The summed E-state index contributed by atoms with van der Waals surface area (Å²) in [7, 11) is -3.77. The predicted molar refractivity (Wildman–Crippen MR) is 92.3 cm³/mol. The molecule has 0 N–H and O–H groups in total. The number of nitrogens with zero attached hydrogens (tertiary/aromatic N) is 1. The van der Waals surface area contributed by atoms with Crippen molar-refractivity contribution in [3.63, 3.8) is 0 Å². The highest BCUT2D eigenvalue weighted by Gasteiger charge is 2.15. The van der Waals surface area contributed by atoms with Crippen molar-refractivity contribution in [1.82, 2.24) is 4.98 Å². The summed E-state index contributed by atoms with van der Waals surface area (Å²) in [6.07, 6.45) is 4.52. The third kappa shape index (κ3) is 3.80. The highest BCUT2D eigenvalue weighted by Crippen LogP contribution is 2.28. The van der Waals surface area contributed by atoms with Crippen molar-refractivity contribution >= 4 is 15.9 Å². The van der Waals surface area contributed by atoms with Crippen molar-refractivity contribution in [2.24, 2.45) is 0 Å². The number of pyridine rings is 1. The molecule has 6 heteroatoms. The molecule has 0 aliphatic rings. The monoisotopic (exact) mass is 357 g/mol. The number of rotatable bonds is 4. The van der Waals surface area contributed by atoms with E-state index >= 15 is 0 Å². The van der Waals surface area contributed by atoms with Gasteiger partial charge in [-0.05, 0) is 47.5 Å². The van der Waals surface area contributed by atoms with Gasteiger partial charge in [0.1, 0.15) is 11.6 Å². The van der Waals surface area contributed by atoms with Gasteiger partial charge in [0.15, 0.2) is 9.84 Å². The maximum atomic E-state index is 13.9. The van der Waals surface area contributed by atoms with Gasteiger partial charge in [-0.3, -0.25) is 4.98 Å². The van der Waals surface area contributed by atoms with Crippen LogP contribution in [0, 0.1) is 11.6 Å².